The average Bonchev–Trinajstić information content (AvgIpc) is 2.88. The normalized spacial score (nSPS) is 10.5. The number of ether oxygens (including phenoxy) is 1. The maximum absolute atomic E-state index is 13.0. The Morgan fingerprint density at radius 2 is 1.74 bits per heavy atom. The van der Waals surface area contributed by atoms with Gasteiger partial charge in [0.1, 0.15) is 12.1 Å². The van der Waals surface area contributed by atoms with Gasteiger partial charge in [0.25, 0.3) is 5.91 Å². The molecule has 0 saturated carbocycles. The summed E-state index contributed by atoms with van der Waals surface area (Å²) in [5.74, 6) is -0.260. The Morgan fingerprint density at radius 3 is 2.54 bits per heavy atom. The molecule has 0 atom stereocenters. The number of hydrogen-bond acceptors (Lipinski definition) is 6. The lowest BCUT2D eigenvalue weighted by atomic mass is 10.1. The van der Waals surface area contributed by atoms with Gasteiger partial charge >= 0.3 is 5.97 Å². The lowest BCUT2D eigenvalue weighted by Crippen LogP contribution is -2.14. The van der Waals surface area contributed by atoms with Gasteiger partial charge in [0.05, 0.1) is 24.1 Å². The second-order valence-electron chi connectivity index (χ2n) is 7.85. The van der Waals surface area contributed by atoms with Gasteiger partial charge in [-0.2, -0.15) is 0 Å². The molecular weight excluding hydrogens is 464 g/mol. The third-order valence-corrected chi connectivity index (χ3v) is 5.51. The van der Waals surface area contributed by atoms with Crippen molar-refractivity contribution in [3.8, 4) is 11.3 Å². The van der Waals surface area contributed by atoms with Gasteiger partial charge in [0.15, 0.2) is 0 Å². The minimum absolute atomic E-state index is 0.289. The van der Waals surface area contributed by atoms with Gasteiger partial charge < -0.3 is 15.4 Å². The molecule has 176 valence electrons. The van der Waals surface area contributed by atoms with Gasteiger partial charge in [-0.25, -0.2) is 14.8 Å². The Labute approximate surface area is 208 Å². The molecule has 3 aromatic carbocycles. The molecule has 0 saturated heterocycles. The van der Waals surface area contributed by atoms with Gasteiger partial charge in [0.2, 0.25) is 0 Å². The molecule has 1 heterocycles. The highest BCUT2D eigenvalue weighted by Gasteiger charge is 2.15. The molecule has 0 spiro atoms. The molecule has 0 aliphatic heterocycles. The smallest absolute Gasteiger partial charge is 0.337 e. The quantitative estimate of drug-likeness (QED) is 0.323. The van der Waals surface area contributed by atoms with E-state index in [2.05, 4.69) is 26.7 Å². The van der Waals surface area contributed by atoms with Gasteiger partial charge in [-0.1, -0.05) is 47.5 Å². The van der Waals surface area contributed by atoms with Gasteiger partial charge in [0, 0.05) is 28.8 Å². The summed E-state index contributed by atoms with van der Waals surface area (Å²) in [6.07, 6.45) is 1.46. The summed E-state index contributed by atoms with van der Waals surface area (Å²) in [4.78, 5) is 33.5. The summed E-state index contributed by atoms with van der Waals surface area (Å²) >= 11 is 6.26. The van der Waals surface area contributed by atoms with Crippen molar-refractivity contribution in [2.24, 2.45) is 0 Å². The fraction of sp³-hybridized carbons (Fsp3) is 0.111. The molecule has 0 unspecified atom stereocenters. The zero-order valence-corrected chi connectivity index (χ0v) is 20.0. The molecule has 0 aliphatic rings. The summed E-state index contributed by atoms with van der Waals surface area (Å²) < 4.78 is 4.74. The largest absolute Gasteiger partial charge is 0.465 e. The summed E-state index contributed by atoms with van der Waals surface area (Å²) in [7, 11) is 1.29. The van der Waals surface area contributed by atoms with E-state index < -0.39 is 5.97 Å². The van der Waals surface area contributed by atoms with Crippen LogP contribution in [0, 0.1) is 6.92 Å². The predicted molar refractivity (Wildman–Crippen MR) is 137 cm³/mol. The fourth-order valence-corrected chi connectivity index (χ4v) is 3.73. The Hall–Kier alpha value is -4.23. The van der Waals surface area contributed by atoms with Crippen LogP contribution in [0.25, 0.3) is 11.3 Å². The van der Waals surface area contributed by atoms with Crippen LogP contribution in [-0.4, -0.2) is 29.0 Å². The zero-order valence-electron chi connectivity index (χ0n) is 19.2. The van der Waals surface area contributed by atoms with E-state index in [1.807, 2.05) is 25.1 Å². The third-order valence-electron chi connectivity index (χ3n) is 5.27. The number of carbonyl (C=O) groups excluding carboxylic acids is 2. The van der Waals surface area contributed by atoms with E-state index in [0.717, 1.165) is 5.56 Å². The molecule has 35 heavy (non-hydrogen) atoms. The van der Waals surface area contributed by atoms with E-state index in [4.69, 9.17) is 16.3 Å². The number of carbonyl (C=O) groups is 2. The van der Waals surface area contributed by atoms with Crippen LogP contribution < -0.4 is 10.6 Å². The molecule has 1 amide bonds. The number of esters is 1. The molecule has 7 nitrogen and oxygen atoms in total. The van der Waals surface area contributed by atoms with Crippen LogP contribution in [0.15, 0.2) is 79.1 Å². The maximum atomic E-state index is 13.0. The Balaban J connectivity index is 1.58. The van der Waals surface area contributed by atoms with Gasteiger partial charge in [-0.3, -0.25) is 4.79 Å². The van der Waals surface area contributed by atoms with E-state index in [0.29, 0.717) is 39.9 Å². The number of nitrogens with one attached hydrogen (secondary N) is 2. The highest BCUT2D eigenvalue weighted by atomic mass is 35.5. The van der Waals surface area contributed by atoms with E-state index in [-0.39, 0.29) is 11.5 Å². The van der Waals surface area contributed by atoms with Crippen molar-refractivity contribution in [3.63, 3.8) is 0 Å². The van der Waals surface area contributed by atoms with Crippen molar-refractivity contribution in [1.29, 1.82) is 0 Å². The molecule has 0 fully saturated rings. The third kappa shape index (κ3) is 6.02. The van der Waals surface area contributed by atoms with Crippen LogP contribution in [0.1, 0.15) is 31.8 Å². The van der Waals surface area contributed by atoms with Crippen molar-refractivity contribution in [1.82, 2.24) is 9.97 Å². The van der Waals surface area contributed by atoms with Crippen LogP contribution in [0.5, 0.6) is 0 Å². The second-order valence-corrected chi connectivity index (χ2v) is 8.28. The molecule has 4 rings (SSSR count). The maximum Gasteiger partial charge on any atom is 0.337 e. The fourth-order valence-electron chi connectivity index (χ4n) is 3.55. The number of aryl methyl sites for hydroxylation is 1. The number of nitrogens with zero attached hydrogens (tertiary/aromatic N) is 2. The highest BCUT2D eigenvalue weighted by molar-refractivity contribution is 6.31. The van der Waals surface area contributed by atoms with Crippen molar-refractivity contribution in [3.05, 3.63) is 106 Å². The van der Waals surface area contributed by atoms with Crippen LogP contribution in [0.3, 0.4) is 0 Å². The number of rotatable bonds is 7. The molecule has 2 N–H and O–H groups in total. The van der Waals surface area contributed by atoms with Crippen molar-refractivity contribution in [2.75, 3.05) is 17.7 Å². The number of anilines is 2. The standard InChI is InChI=1S/C27H23ClN4O3/c1-17-5-3-6-18(11-17)15-29-25-14-24(30-16-31-25)22-13-21(28)9-10-23(22)32-26(33)19-7-4-8-20(12-19)27(34)35-2/h3-14,16H,15H2,1-2H3,(H,32,33)(H,29,30,31). The van der Waals surface area contributed by atoms with E-state index in [1.54, 1.807) is 42.5 Å². The van der Waals surface area contributed by atoms with Gasteiger partial charge in [-0.05, 0) is 48.9 Å². The minimum Gasteiger partial charge on any atom is -0.465 e. The van der Waals surface area contributed by atoms with Crippen LogP contribution in [0.2, 0.25) is 5.02 Å². The second kappa shape index (κ2) is 10.8. The van der Waals surface area contributed by atoms with E-state index in [9.17, 15) is 9.59 Å². The first-order valence-electron chi connectivity index (χ1n) is 10.8. The first kappa shape index (κ1) is 23.9. The Bertz CT molecular complexity index is 1390. The molecule has 0 bridgehead atoms. The Morgan fingerprint density at radius 1 is 0.943 bits per heavy atom. The molecular formula is C27H23ClN4O3. The van der Waals surface area contributed by atoms with E-state index in [1.165, 1.54) is 25.1 Å². The van der Waals surface area contributed by atoms with Crippen molar-refractivity contribution < 1.29 is 14.3 Å². The van der Waals surface area contributed by atoms with Crippen LogP contribution in [0.4, 0.5) is 11.5 Å². The molecule has 4 aromatic rings. The Kier molecular flexibility index (Phi) is 7.38. The SMILES string of the molecule is COC(=O)c1cccc(C(=O)Nc2ccc(Cl)cc2-c2cc(NCc3cccc(C)c3)ncn2)c1. The highest BCUT2D eigenvalue weighted by Crippen LogP contribution is 2.31. The van der Waals surface area contributed by atoms with Crippen molar-refractivity contribution in [2.45, 2.75) is 13.5 Å². The number of benzene rings is 3. The number of halogens is 1. The molecule has 1 aromatic heterocycles. The lowest BCUT2D eigenvalue weighted by molar-refractivity contribution is 0.0600. The number of aromatic nitrogens is 2. The molecule has 8 heteroatoms. The van der Waals surface area contributed by atoms with Crippen molar-refractivity contribution >= 4 is 35.0 Å². The monoisotopic (exact) mass is 486 g/mol. The number of amides is 1. The zero-order chi connectivity index (χ0) is 24.8. The summed E-state index contributed by atoms with van der Waals surface area (Å²) in [6.45, 7) is 2.65. The first-order valence-corrected chi connectivity index (χ1v) is 11.2. The molecule has 0 aliphatic carbocycles. The lowest BCUT2D eigenvalue weighted by Gasteiger charge is -2.13. The molecule has 0 radical (unpaired) electrons. The summed E-state index contributed by atoms with van der Waals surface area (Å²) in [6, 6.07) is 21.4. The number of hydrogen-bond donors (Lipinski definition) is 2. The van der Waals surface area contributed by atoms with Crippen LogP contribution >= 0.6 is 11.6 Å². The minimum atomic E-state index is -0.515. The average molecular weight is 487 g/mol. The summed E-state index contributed by atoms with van der Waals surface area (Å²) in [5, 5.41) is 6.69. The topological polar surface area (TPSA) is 93.2 Å². The van der Waals surface area contributed by atoms with Gasteiger partial charge in [-0.15, -0.1) is 0 Å². The van der Waals surface area contributed by atoms with Crippen LogP contribution in [-0.2, 0) is 11.3 Å². The number of methoxy groups -OCH3 is 1. The van der Waals surface area contributed by atoms with E-state index >= 15 is 0 Å². The summed E-state index contributed by atoms with van der Waals surface area (Å²) in [5.41, 5.74) is 4.67. The predicted octanol–water partition coefficient (Wildman–Crippen LogP) is 5.76. The first-order chi connectivity index (χ1) is 16.9.